The number of aromatic nitrogens is 2. The van der Waals surface area contributed by atoms with Crippen molar-refractivity contribution in [2.75, 3.05) is 0 Å². The van der Waals surface area contributed by atoms with E-state index in [1.165, 1.54) is 11.5 Å². The molecule has 3 rings (SSSR count). The predicted molar refractivity (Wildman–Crippen MR) is 92.6 cm³/mol. The number of esters is 1. The van der Waals surface area contributed by atoms with Crippen molar-refractivity contribution in [3.63, 3.8) is 0 Å². The van der Waals surface area contributed by atoms with E-state index in [0.29, 0.717) is 28.7 Å². The van der Waals surface area contributed by atoms with E-state index in [0.717, 1.165) is 0 Å². The zero-order valence-electron chi connectivity index (χ0n) is 13.2. The zero-order chi connectivity index (χ0) is 17.1. The quantitative estimate of drug-likeness (QED) is 0.547. The van der Waals surface area contributed by atoms with Gasteiger partial charge in [-0.05, 0) is 30.7 Å². The lowest BCUT2D eigenvalue weighted by Gasteiger charge is -2.15. The lowest BCUT2D eigenvalue weighted by Crippen LogP contribution is -2.25. The van der Waals surface area contributed by atoms with E-state index in [9.17, 15) is 9.59 Å². The van der Waals surface area contributed by atoms with Gasteiger partial charge in [0.25, 0.3) is 5.56 Å². The van der Waals surface area contributed by atoms with Gasteiger partial charge in [-0.25, -0.2) is 4.98 Å². The van der Waals surface area contributed by atoms with Crippen LogP contribution in [0.1, 0.15) is 12.5 Å². The van der Waals surface area contributed by atoms with Crippen molar-refractivity contribution in [3.8, 4) is 11.4 Å². The van der Waals surface area contributed by atoms with Gasteiger partial charge < -0.3 is 4.74 Å². The van der Waals surface area contributed by atoms with Crippen LogP contribution >= 0.6 is 0 Å². The molecule has 3 aromatic rings. The molecule has 0 atom stereocenters. The molecule has 5 nitrogen and oxygen atoms in total. The number of ether oxygens (including phenoxy) is 1. The monoisotopic (exact) mass is 320 g/mol. The van der Waals surface area contributed by atoms with E-state index < -0.39 is 5.97 Å². The number of rotatable bonds is 4. The van der Waals surface area contributed by atoms with Gasteiger partial charge in [0.05, 0.1) is 16.6 Å². The minimum absolute atomic E-state index is 0.252. The summed E-state index contributed by atoms with van der Waals surface area (Å²) in [6.07, 6.45) is 3.51. The minimum atomic E-state index is -0.484. The van der Waals surface area contributed by atoms with Crippen LogP contribution in [0.4, 0.5) is 0 Å². The lowest BCUT2D eigenvalue weighted by atomic mass is 10.1. The zero-order valence-corrected chi connectivity index (χ0v) is 13.2. The molecule has 0 bridgehead atoms. The molecule has 0 unspecified atom stereocenters. The number of pyridine rings is 2. The second-order valence-corrected chi connectivity index (χ2v) is 5.24. The fraction of sp³-hybridized carbons (Fsp3) is 0.105. The van der Waals surface area contributed by atoms with Gasteiger partial charge in [0.1, 0.15) is 0 Å². The van der Waals surface area contributed by atoms with E-state index in [-0.39, 0.29) is 11.3 Å². The average molecular weight is 320 g/mol. The fourth-order valence-corrected chi connectivity index (χ4v) is 2.64. The number of hydrogen-bond acceptors (Lipinski definition) is 4. The molecule has 0 aliphatic carbocycles. The Balaban J connectivity index is 2.46. The smallest absolute Gasteiger partial charge is 0.308 e. The van der Waals surface area contributed by atoms with Crippen LogP contribution in [0.5, 0.6) is 5.75 Å². The van der Waals surface area contributed by atoms with E-state index >= 15 is 0 Å². The van der Waals surface area contributed by atoms with E-state index in [1.807, 2.05) is 30.3 Å². The molecule has 120 valence electrons. The number of carbonyl (C=O) groups is 1. The number of hydrogen-bond donors (Lipinski definition) is 0. The third kappa shape index (κ3) is 2.72. The molecule has 0 radical (unpaired) electrons. The minimum Gasteiger partial charge on any atom is -0.425 e. The Morgan fingerprint density at radius 3 is 2.67 bits per heavy atom. The van der Waals surface area contributed by atoms with E-state index in [2.05, 4.69) is 11.6 Å². The summed E-state index contributed by atoms with van der Waals surface area (Å²) in [5, 5.41) is 0.605. The highest BCUT2D eigenvalue weighted by Gasteiger charge is 2.20. The number of fused-ring (bicyclic) bond motifs is 1. The van der Waals surface area contributed by atoms with Crippen LogP contribution in [-0.2, 0) is 11.2 Å². The Kier molecular flexibility index (Phi) is 4.24. The summed E-state index contributed by atoms with van der Waals surface area (Å²) in [7, 11) is 0. The number of para-hydroxylation sites is 1. The van der Waals surface area contributed by atoms with Gasteiger partial charge >= 0.3 is 5.97 Å². The molecule has 0 saturated carbocycles. The average Bonchev–Trinajstić information content (AvgIpc) is 2.59. The first-order chi connectivity index (χ1) is 11.6. The summed E-state index contributed by atoms with van der Waals surface area (Å²) < 4.78 is 6.87. The van der Waals surface area contributed by atoms with Crippen LogP contribution in [0.25, 0.3) is 16.7 Å². The number of nitrogens with zero attached hydrogens (tertiary/aromatic N) is 2. The molecule has 5 heteroatoms. The van der Waals surface area contributed by atoms with Gasteiger partial charge in [0.15, 0.2) is 11.4 Å². The van der Waals surface area contributed by atoms with Crippen molar-refractivity contribution in [2.45, 2.75) is 13.3 Å². The Morgan fingerprint density at radius 1 is 1.25 bits per heavy atom. The summed E-state index contributed by atoms with van der Waals surface area (Å²) >= 11 is 0. The summed E-state index contributed by atoms with van der Waals surface area (Å²) in [4.78, 5) is 28.9. The normalized spacial score (nSPS) is 10.5. The molecule has 0 N–H and O–H groups in total. The largest absolute Gasteiger partial charge is 0.425 e. The molecular formula is C19H16N2O3. The maximum Gasteiger partial charge on any atom is 0.308 e. The second kappa shape index (κ2) is 6.50. The van der Waals surface area contributed by atoms with Gasteiger partial charge in [-0.3, -0.25) is 14.2 Å². The Morgan fingerprint density at radius 2 is 2.00 bits per heavy atom. The maximum absolute atomic E-state index is 13.1. The third-order valence-electron chi connectivity index (χ3n) is 3.59. The van der Waals surface area contributed by atoms with Crippen molar-refractivity contribution < 1.29 is 9.53 Å². The molecule has 2 heterocycles. The van der Waals surface area contributed by atoms with Crippen molar-refractivity contribution in [1.82, 2.24) is 9.55 Å². The van der Waals surface area contributed by atoms with Gasteiger partial charge in [0.2, 0.25) is 0 Å². The number of carbonyl (C=O) groups excluding carboxylic acids is 1. The number of allylic oxidation sites excluding steroid dienone is 1. The molecule has 0 saturated heterocycles. The Hall–Kier alpha value is -3.21. The van der Waals surface area contributed by atoms with E-state index in [1.54, 1.807) is 24.4 Å². The van der Waals surface area contributed by atoms with Crippen LogP contribution in [-0.4, -0.2) is 15.5 Å². The van der Waals surface area contributed by atoms with Crippen LogP contribution in [0.2, 0.25) is 0 Å². The molecule has 0 amide bonds. The van der Waals surface area contributed by atoms with Crippen molar-refractivity contribution in [3.05, 3.63) is 77.2 Å². The van der Waals surface area contributed by atoms with Crippen LogP contribution in [0.15, 0.2) is 66.1 Å². The topological polar surface area (TPSA) is 61.2 Å². The molecular weight excluding hydrogens is 304 g/mol. The highest BCUT2D eigenvalue weighted by Crippen LogP contribution is 2.28. The molecule has 0 aliphatic heterocycles. The van der Waals surface area contributed by atoms with Crippen molar-refractivity contribution >= 4 is 17.0 Å². The highest BCUT2D eigenvalue weighted by atomic mass is 16.5. The molecule has 24 heavy (non-hydrogen) atoms. The van der Waals surface area contributed by atoms with Gasteiger partial charge in [-0.15, -0.1) is 6.58 Å². The van der Waals surface area contributed by atoms with Crippen molar-refractivity contribution in [2.24, 2.45) is 0 Å². The van der Waals surface area contributed by atoms with E-state index in [4.69, 9.17) is 4.74 Å². The second-order valence-electron chi connectivity index (χ2n) is 5.24. The van der Waals surface area contributed by atoms with Crippen LogP contribution in [0.3, 0.4) is 0 Å². The molecule has 2 aromatic heterocycles. The lowest BCUT2D eigenvalue weighted by molar-refractivity contribution is -0.131. The third-order valence-corrected chi connectivity index (χ3v) is 3.59. The van der Waals surface area contributed by atoms with Gasteiger partial charge in [-0.1, -0.05) is 24.3 Å². The first-order valence-electron chi connectivity index (χ1n) is 7.51. The molecule has 1 aromatic carbocycles. The first kappa shape index (κ1) is 15.7. The van der Waals surface area contributed by atoms with Gasteiger partial charge in [0, 0.05) is 13.1 Å². The molecule has 0 spiro atoms. The Bertz CT molecular complexity index is 975. The summed E-state index contributed by atoms with van der Waals surface area (Å²) in [5.41, 5.74) is 1.25. The Labute approximate surface area is 138 Å². The highest BCUT2D eigenvalue weighted by molar-refractivity contribution is 5.87. The summed E-state index contributed by atoms with van der Waals surface area (Å²) in [6, 6.07) is 12.8. The SMILES string of the molecule is C=CCc1c(OC(C)=O)c2cccnc2n(-c2ccccc2)c1=O. The van der Waals surface area contributed by atoms with Crippen molar-refractivity contribution in [1.29, 1.82) is 0 Å². The van der Waals surface area contributed by atoms with Crippen LogP contribution < -0.4 is 10.3 Å². The predicted octanol–water partition coefficient (Wildman–Crippen LogP) is 3.04. The van der Waals surface area contributed by atoms with Crippen LogP contribution in [0, 0.1) is 0 Å². The number of benzene rings is 1. The summed E-state index contributed by atoms with van der Waals surface area (Å²) in [5.74, 6) is -0.231. The summed E-state index contributed by atoms with van der Waals surface area (Å²) in [6.45, 7) is 5.00. The fourth-order valence-electron chi connectivity index (χ4n) is 2.64. The first-order valence-corrected chi connectivity index (χ1v) is 7.51. The maximum atomic E-state index is 13.1. The molecule has 0 fully saturated rings. The molecule has 0 aliphatic rings. The standard InChI is InChI=1S/C19H16N2O3/c1-3-8-16-17(24-13(2)22)15-11-7-12-20-18(15)21(19(16)23)14-9-5-4-6-10-14/h3-7,9-12H,1,8H2,2H3. The van der Waals surface area contributed by atoms with Gasteiger partial charge in [-0.2, -0.15) is 0 Å².